The Kier molecular flexibility index (Phi) is 3.35. The number of benzene rings is 1. The van der Waals surface area contributed by atoms with Crippen LogP contribution in [0.25, 0.3) is 10.9 Å². The van der Waals surface area contributed by atoms with E-state index in [2.05, 4.69) is 19.8 Å². The van der Waals surface area contributed by atoms with Gasteiger partial charge in [0.15, 0.2) is 0 Å². The van der Waals surface area contributed by atoms with E-state index in [9.17, 15) is 4.79 Å². The van der Waals surface area contributed by atoms with Crippen molar-refractivity contribution in [1.82, 2.24) is 14.7 Å². The molecule has 0 saturated carbocycles. The Morgan fingerprint density at radius 3 is 2.73 bits per heavy atom. The lowest BCUT2D eigenvalue weighted by Crippen LogP contribution is -2.46. The van der Waals surface area contributed by atoms with Crippen LogP contribution < -0.4 is 0 Å². The summed E-state index contributed by atoms with van der Waals surface area (Å²) in [7, 11) is 1.32. The molecule has 3 saturated heterocycles. The van der Waals surface area contributed by atoms with Crippen LogP contribution in [-0.2, 0) is 9.78 Å². The van der Waals surface area contributed by atoms with E-state index in [4.69, 9.17) is 0 Å². The zero-order chi connectivity index (χ0) is 15.1. The van der Waals surface area contributed by atoms with E-state index < -0.39 is 6.09 Å². The molecule has 116 valence electrons. The minimum absolute atomic E-state index is 0.393. The van der Waals surface area contributed by atoms with Gasteiger partial charge >= 0.3 is 6.09 Å². The van der Waals surface area contributed by atoms with Crippen molar-refractivity contribution in [2.24, 2.45) is 5.92 Å². The van der Waals surface area contributed by atoms with Gasteiger partial charge in [0.1, 0.15) is 0 Å². The lowest BCUT2D eigenvalue weighted by Gasteiger charge is -2.44. The van der Waals surface area contributed by atoms with Crippen LogP contribution >= 0.6 is 0 Å². The van der Waals surface area contributed by atoms with Crippen LogP contribution in [-0.4, -0.2) is 47.5 Å². The average Bonchev–Trinajstić information content (AvgIpc) is 2.96. The molecule has 2 bridgehead atoms. The molecule has 3 aliphatic heterocycles. The summed E-state index contributed by atoms with van der Waals surface area (Å²) in [6.07, 6.45) is 1.83. The second-order valence-corrected chi connectivity index (χ2v) is 6.07. The third-order valence-corrected chi connectivity index (χ3v) is 4.95. The van der Waals surface area contributed by atoms with Crippen molar-refractivity contribution < 1.29 is 14.6 Å². The maximum absolute atomic E-state index is 12.1. The molecule has 6 nitrogen and oxygen atoms in total. The zero-order valence-electron chi connectivity index (χ0n) is 12.6. The van der Waals surface area contributed by atoms with Crippen molar-refractivity contribution in [3.63, 3.8) is 0 Å². The fraction of sp³-hybridized carbons (Fsp3) is 0.500. The van der Waals surface area contributed by atoms with Gasteiger partial charge in [-0.05, 0) is 37.9 Å². The molecule has 3 fully saturated rings. The van der Waals surface area contributed by atoms with Crippen LogP contribution in [0.5, 0.6) is 0 Å². The normalized spacial score (nSPS) is 27.2. The lowest BCUT2D eigenvalue weighted by molar-refractivity contribution is -0.213. The van der Waals surface area contributed by atoms with Gasteiger partial charge in [0, 0.05) is 17.8 Å². The van der Waals surface area contributed by atoms with Crippen LogP contribution in [0.1, 0.15) is 24.5 Å². The number of nitrogens with zero attached hydrogens (tertiary/aromatic N) is 3. The zero-order valence-corrected chi connectivity index (χ0v) is 12.6. The third-order valence-electron chi connectivity index (χ3n) is 4.95. The molecular weight excluding hydrogens is 282 g/mol. The van der Waals surface area contributed by atoms with E-state index in [1.165, 1.54) is 37.7 Å². The fourth-order valence-corrected chi connectivity index (χ4v) is 3.88. The van der Waals surface area contributed by atoms with Crippen molar-refractivity contribution in [2.45, 2.75) is 18.8 Å². The Hall–Kier alpha value is -1.92. The van der Waals surface area contributed by atoms with E-state index >= 15 is 0 Å². The van der Waals surface area contributed by atoms with Crippen LogP contribution in [0.2, 0.25) is 0 Å². The minimum Gasteiger partial charge on any atom is -0.303 e. The summed E-state index contributed by atoms with van der Waals surface area (Å²) < 4.78 is 1.31. The van der Waals surface area contributed by atoms with E-state index in [0.29, 0.717) is 11.8 Å². The van der Waals surface area contributed by atoms with Crippen molar-refractivity contribution in [1.29, 1.82) is 0 Å². The number of fused-ring (bicyclic) bond motifs is 4. The summed E-state index contributed by atoms with van der Waals surface area (Å²) in [6, 6.07) is 7.82. The number of aromatic nitrogens is 2. The highest BCUT2D eigenvalue weighted by molar-refractivity contribution is 5.89. The topological polar surface area (TPSA) is 56.6 Å². The van der Waals surface area contributed by atoms with E-state index in [-0.39, 0.29) is 0 Å². The molecule has 5 rings (SSSR count). The molecule has 22 heavy (non-hydrogen) atoms. The van der Waals surface area contributed by atoms with Gasteiger partial charge in [0.05, 0.1) is 18.3 Å². The Labute approximate surface area is 128 Å². The first-order chi connectivity index (χ1) is 10.8. The van der Waals surface area contributed by atoms with Gasteiger partial charge in [-0.2, -0.15) is 14.7 Å². The molecule has 0 amide bonds. The SMILES string of the molecule is COOC(=O)n1nc([C@@H]2CN3CCC2CC3)c2ccccc21. The number of carbonyl (C=O) groups is 1. The first kappa shape index (κ1) is 13.7. The number of rotatable bonds is 2. The Bertz CT molecular complexity index is 704. The molecule has 0 aliphatic carbocycles. The highest BCUT2D eigenvalue weighted by Gasteiger charge is 2.37. The number of piperidine rings is 3. The van der Waals surface area contributed by atoms with Crippen molar-refractivity contribution in [3.8, 4) is 0 Å². The van der Waals surface area contributed by atoms with E-state index in [0.717, 1.165) is 23.1 Å². The predicted molar refractivity (Wildman–Crippen MR) is 80.5 cm³/mol. The quantitative estimate of drug-likeness (QED) is 0.630. The van der Waals surface area contributed by atoms with Gasteiger partial charge in [0.2, 0.25) is 0 Å². The Morgan fingerprint density at radius 2 is 2.05 bits per heavy atom. The molecular formula is C16H19N3O3. The van der Waals surface area contributed by atoms with Crippen LogP contribution in [0, 0.1) is 5.92 Å². The molecule has 2 aromatic rings. The molecule has 0 radical (unpaired) electrons. The molecule has 0 spiro atoms. The van der Waals surface area contributed by atoms with Gasteiger partial charge in [-0.3, -0.25) is 4.89 Å². The molecule has 4 heterocycles. The third kappa shape index (κ3) is 2.10. The molecule has 3 aliphatic rings. The fourth-order valence-electron chi connectivity index (χ4n) is 3.88. The Morgan fingerprint density at radius 1 is 1.27 bits per heavy atom. The van der Waals surface area contributed by atoms with Crippen LogP contribution in [0.15, 0.2) is 24.3 Å². The number of para-hydroxylation sites is 1. The summed E-state index contributed by atoms with van der Waals surface area (Å²) in [5.41, 5.74) is 1.79. The van der Waals surface area contributed by atoms with Crippen molar-refractivity contribution in [2.75, 3.05) is 26.7 Å². The molecule has 1 aromatic carbocycles. The second-order valence-electron chi connectivity index (χ2n) is 6.07. The summed E-state index contributed by atoms with van der Waals surface area (Å²) >= 11 is 0. The highest BCUT2D eigenvalue weighted by atomic mass is 17.2. The van der Waals surface area contributed by atoms with Crippen molar-refractivity contribution >= 4 is 17.0 Å². The maximum atomic E-state index is 12.1. The van der Waals surface area contributed by atoms with Crippen LogP contribution in [0.3, 0.4) is 0 Å². The molecule has 1 atom stereocenters. The van der Waals surface area contributed by atoms with Gasteiger partial charge in [0.25, 0.3) is 0 Å². The van der Waals surface area contributed by atoms with Gasteiger partial charge in [-0.15, -0.1) is 0 Å². The second kappa shape index (κ2) is 5.37. The predicted octanol–water partition coefficient (Wildman–Crippen LogP) is 2.39. The summed E-state index contributed by atoms with van der Waals surface area (Å²) in [5, 5.41) is 5.62. The Balaban J connectivity index is 1.79. The number of hydrogen-bond acceptors (Lipinski definition) is 5. The summed E-state index contributed by atoms with van der Waals surface area (Å²) in [4.78, 5) is 23.7. The van der Waals surface area contributed by atoms with Gasteiger partial charge < -0.3 is 4.90 Å². The number of carbonyl (C=O) groups excluding carboxylic acids is 1. The van der Waals surface area contributed by atoms with Crippen molar-refractivity contribution in [3.05, 3.63) is 30.0 Å². The first-order valence-corrected chi connectivity index (χ1v) is 7.73. The maximum Gasteiger partial charge on any atom is 0.466 e. The smallest absolute Gasteiger partial charge is 0.303 e. The summed E-state index contributed by atoms with van der Waals surface area (Å²) in [5.74, 6) is 1.05. The lowest BCUT2D eigenvalue weighted by atomic mass is 9.77. The average molecular weight is 301 g/mol. The number of hydrogen-bond donors (Lipinski definition) is 0. The molecule has 0 N–H and O–H groups in total. The van der Waals surface area contributed by atoms with Crippen LogP contribution in [0.4, 0.5) is 4.79 Å². The van der Waals surface area contributed by atoms with E-state index in [1.807, 2.05) is 24.3 Å². The summed E-state index contributed by atoms with van der Waals surface area (Å²) in [6.45, 7) is 3.40. The van der Waals surface area contributed by atoms with Gasteiger partial charge in [-0.1, -0.05) is 18.2 Å². The van der Waals surface area contributed by atoms with Gasteiger partial charge in [-0.25, -0.2) is 4.79 Å². The largest absolute Gasteiger partial charge is 0.466 e. The highest BCUT2D eigenvalue weighted by Crippen LogP contribution is 2.40. The molecule has 1 aromatic heterocycles. The first-order valence-electron chi connectivity index (χ1n) is 7.73. The molecule has 0 unspecified atom stereocenters. The van der Waals surface area contributed by atoms with E-state index in [1.54, 1.807) is 0 Å². The standard InChI is InChI=1S/C16H19N3O3/c1-21-22-16(20)19-14-5-3-2-4-12(14)15(17-19)13-10-18-8-6-11(13)7-9-18/h2-5,11,13H,6-10H2,1H3/t13-/m1/s1. The minimum atomic E-state index is -0.605. The monoisotopic (exact) mass is 301 g/mol. The molecule has 6 heteroatoms.